The summed E-state index contributed by atoms with van der Waals surface area (Å²) in [5.41, 5.74) is 6.62. The van der Waals surface area contributed by atoms with Crippen LogP contribution in [0.3, 0.4) is 0 Å². The highest BCUT2D eigenvalue weighted by Gasteiger charge is 2.23. The molecule has 17 heavy (non-hydrogen) atoms. The lowest BCUT2D eigenvalue weighted by Crippen LogP contribution is -2.20. The summed E-state index contributed by atoms with van der Waals surface area (Å²) < 4.78 is 5.53. The van der Waals surface area contributed by atoms with Gasteiger partial charge in [0.15, 0.2) is 5.89 Å². The van der Waals surface area contributed by atoms with Crippen LogP contribution in [0.25, 0.3) is 0 Å². The molecule has 1 aromatic heterocycles. The molecule has 0 spiro atoms. The maximum Gasteiger partial charge on any atom is 0.194 e. The van der Waals surface area contributed by atoms with Crippen LogP contribution in [0.2, 0.25) is 0 Å². The summed E-state index contributed by atoms with van der Waals surface area (Å²) in [6.07, 6.45) is 3.99. The first-order valence-corrected chi connectivity index (χ1v) is 6.59. The molecule has 2 N–H and O–H groups in total. The largest absolute Gasteiger partial charge is 0.449 e. The van der Waals surface area contributed by atoms with E-state index in [1.807, 2.05) is 0 Å². The minimum atomic E-state index is 0.295. The average molecular weight is 237 g/mol. The average Bonchev–Trinajstić information content (AvgIpc) is 2.97. The summed E-state index contributed by atoms with van der Waals surface area (Å²) in [6.45, 7) is 8.47. The van der Waals surface area contributed by atoms with Crippen molar-refractivity contribution in [2.75, 3.05) is 26.2 Å². The molecule has 1 saturated heterocycles. The molecule has 0 bridgehead atoms. The minimum absolute atomic E-state index is 0.295. The standard InChI is InChI=1S/C13H23N3O/c1-3-16-5-4-11(8-16)6-13-15-12(9-17-13)10(2)7-14/h9-11H,3-8,14H2,1-2H3. The maximum atomic E-state index is 5.62. The van der Waals surface area contributed by atoms with Gasteiger partial charge in [-0.25, -0.2) is 4.98 Å². The molecule has 2 atom stereocenters. The predicted molar refractivity (Wildman–Crippen MR) is 67.9 cm³/mol. The van der Waals surface area contributed by atoms with E-state index >= 15 is 0 Å². The second-order valence-electron chi connectivity index (χ2n) is 5.05. The highest BCUT2D eigenvalue weighted by atomic mass is 16.3. The molecule has 1 aliphatic heterocycles. The molecule has 4 nitrogen and oxygen atoms in total. The Morgan fingerprint density at radius 2 is 2.47 bits per heavy atom. The lowest BCUT2D eigenvalue weighted by Gasteiger charge is -2.11. The molecule has 2 rings (SSSR count). The molecule has 1 aromatic rings. The fourth-order valence-corrected chi connectivity index (χ4v) is 2.38. The number of rotatable bonds is 5. The lowest BCUT2D eigenvalue weighted by atomic mass is 10.1. The molecule has 2 unspecified atom stereocenters. The molecule has 96 valence electrons. The molecule has 2 heterocycles. The van der Waals surface area contributed by atoms with Gasteiger partial charge < -0.3 is 15.1 Å². The highest BCUT2D eigenvalue weighted by molar-refractivity contribution is 5.04. The van der Waals surface area contributed by atoms with E-state index in [1.54, 1.807) is 6.26 Å². The quantitative estimate of drug-likeness (QED) is 0.845. The molecule has 1 aliphatic rings. The topological polar surface area (TPSA) is 55.3 Å². The van der Waals surface area contributed by atoms with Crippen LogP contribution in [0.4, 0.5) is 0 Å². The Morgan fingerprint density at radius 3 is 3.12 bits per heavy atom. The molecule has 0 amide bonds. The molecule has 0 radical (unpaired) electrons. The fourth-order valence-electron chi connectivity index (χ4n) is 2.38. The number of likely N-dealkylation sites (tertiary alicyclic amines) is 1. The van der Waals surface area contributed by atoms with E-state index in [2.05, 4.69) is 23.7 Å². The van der Waals surface area contributed by atoms with Crippen molar-refractivity contribution in [3.63, 3.8) is 0 Å². The van der Waals surface area contributed by atoms with Gasteiger partial charge in [-0.05, 0) is 25.4 Å². The van der Waals surface area contributed by atoms with Crippen LogP contribution in [0.15, 0.2) is 10.7 Å². The van der Waals surface area contributed by atoms with Crippen LogP contribution < -0.4 is 5.73 Å². The lowest BCUT2D eigenvalue weighted by molar-refractivity contribution is 0.335. The Bertz CT molecular complexity index is 350. The monoisotopic (exact) mass is 237 g/mol. The van der Waals surface area contributed by atoms with Crippen molar-refractivity contribution in [1.29, 1.82) is 0 Å². The number of aromatic nitrogens is 1. The van der Waals surface area contributed by atoms with E-state index in [0.29, 0.717) is 18.4 Å². The van der Waals surface area contributed by atoms with Crippen molar-refractivity contribution >= 4 is 0 Å². The summed E-state index contributed by atoms with van der Waals surface area (Å²) >= 11 is 0. The van der Waals surface area contributed by atoms with Gasteiger partial charge in [-0.15, -0.1) is 0 Å². The third kappa shape index (κ3) is 3.07. The van der Waals surface area contributed by atoms with Gasteiger partial charge in [0.1, 0.15) is 6.26 Å². The number of hydrogen-bond donors (Lipinski definition) is 1. The van der Waals surface area contributed by atoms with Crippen LogP contribution in [-0.2, 0) is 6.42 Å². The molecule has 0 aliphatic carbocycles. The normalized spacial score (nSPS) is 23.1. The summed E-state index contributed by atoms with van der Waals surface area (Å²) in [4.78, 5) is 7.01. The smallest absolute Gasteiger partial charge is 0.194 e. The zero-order valence-electron chi connectivity index (χ0n) is 10.9. The molecule has 0 aromatic carbocycles. The van der Waals surface area contributed by atoms with Crippen molar-refractivity contribution in [1.82, 2.24) is 9.88 Å². The van der Waals surface area contributed by atoms with Crippen molar-refractivity contribution in [2.24, 2.45) is 11.7 Å². The van der Waals surface area contributed by atoms with Gasteiger partial charge in [0, 0.05) is 25.4 Å². The van der Waals surface area contributed by atoms with Crippen molar-refractivity contribution < 1.29 is 4.42 Å². The molecule has 4 heteroatoms. The van der Waals surface area contributed by atoms with E-state index in [9.17, 15) is 0 Å². The van der Waals surface area contributed by atoms with E-state index in [4.69, 9.17) is 10.2 Å². The van der Waals surface area contributed by atoms with E-state index in [-0.39, 0.29) is 0 Å². The maximum absolute atomic E-state index is 5.62. The SMILES string of the molecule is CCN1CCC(Cc2nc(C(C)CN)co2)C1. The first-order valence-electron chi connectivity index (χ1n) is 6.59. The van der Waals surface area contributed by atoms with Crippen molar-refractivity contribution in [2.45, 2.75) is 32.6 Å². The van der Waals surface area contributed by atoms with Crippen molar-refractivity contribution in [3.8, 4) is 0 Å². The van der Waals surface area contributed by atoms with Crippen LogP contribution in [0.1, 0.15) is 37.8 Å². The number of nitrogens with zero attached hydrogens (tertiary/aromatic N) is 2. The van der Waals surface area contributed by atoms with Crippen LogP contribution in [0.5, 0.6) is 0 Å². The Labute approximate surface area is 103 Å². The van der Waals surface area contributed by atoms with E-state index in [1.165, 1.54) is 19.5 Å². The zero-order chi connectivity index (χ0) is 12.3. The predicted octanol–water partition coefficient (Wildman–Crippen LogP) is 1.62. The number of nitrogens with two attached hydrogens (primary N) is 1. The van der Waals surface area contributed by atoms with Gasteiger partial charge in [0.2, 0.25) is 0 Å². The second kappa shape index (κ2) is 5.65. The van der Waals surface area contributed by atoms with Gasteiger partial charge in [0.25, 0.3) is 0 Å². The van der Waals surface area contributed by atoms with Crippen LogP contribution in [0, 0.1) is 5.92 Å². The summed E-state index contributed by atoms with van der Waals surface area (Å²) in [5.74, 6) is 1.88. The molecule has 0 saturated carbocycles. The van der Waals surface area contributed by atoms with E-state index in [0.717, 1.165) is 24.6 Å². The Kier molecular flexibility index (Phi) is 4.18. The third-order valence-corrected chi connectivity index (χ3v) is 3.71. The van der Waals surface area contributed by atoms with Crippen molar-refractivity contribution in [3.05, 3.63) is 17.8 Å². The zero-order valence-corrected chi connectivity index (χ0v) is 10.9. The minimum Gasteiger partial charge on any atom is -0.449 e. The molecular formula is C13H23N3O. The second-order valence-corrected chi connectivity index (χ2v) is 5.05. The molecular weight excluding hydrogens is 214 g/mol. The summed E-state index contributed by atoms with van der Waals surface area (Å²) in [6, 6.07) is 0. The van der Waals surface area contributed by atoms with Gasteiger partial charge >= 0.3 is 0 Å². The third-order valence-electron chi connectivity index (χ3n) is 3.71. The van der Waals surface area contributed by atoms with Crippen LogP contribution in [-0.4, -0.2) is 36.1 Å². The van der Waals surface area contributed by atoms with Crippen LogP contribution >= 0.6 is 0 Å². The Hall–Kier alpha value is -0.870. The van der Waals surface area contributed by atoms with Gasteiger partial charge in [0.05, 0.1) is 5.69 Å². The summed E-state index contributed by atoms with van der Waals surface area (Å²) in [5, 5.41) is 0. The highest BCUT2D eigenvalue weighted by Crippen LogP contribution is 2.21. The fraction of sp³-hybridized carbons (Fsp3) is 0.769. The Balaban J connectivity index is 1.89. The van der Waals surface area contributed by atoms with Gasteiger partial charge in [-0.1, -0.05) is 13.8 Å². The van der Waals surface area contributed by atoms with E-state index < -0.39 is 0 Å². The first-order chi connectivity index (χ1) is 8.22. The summed E-state index contributed by atoms with van der Waals surface area (Å²) in [7, 11) is 0. The Morgan fingerprint density at radius 1 is 1.65 bits per heavy atom. The number of hydrogen-bond acceptors (Lipinski definition) is 4. The van der Waals surface area contributed by atoms with Gasteiger partial charge in [-0.2, -0.15) is 0 Å². The van der Waals surface area contributed by atoms with Gasteiger partial charge in [-0.3, -0.25) is 0 Å². The first kappa shape index (κ1) is 12.6. The number of oxazole rings is 1. The molecule has 1 fully saturated rings.